The Balaban J connectivity index is 0.00000264. The Bertz CT molecular complexity index is 477. The average molecular weight is 451 g/mol. The molecule has 0 spiro atoms. The zero-order valence-corrected chi connectivity index (χ0v) is 17.6. The number of guanidine groups is 1. The van der Waals surface area contributed by atoms with Crippen LogP contribution in [0.25, 0.3) is 0 Å². The minimum atomic E-state index is 0. The largest absolute Gasteiger partial charge is 0.355 e. The molecule has 1 fully saturated rings. The maximum absolute atomic E-state index is 4.30. The van der Waals surface area contributed by atoms with Gasteiger partial charge < -0.3 is 10.6 Å². The van der Waals surface area contributed by atoms with Crippen molar-refractivity contribution in [3.05, 3.63) is 16.1 Å². The van der Waals surface area contributed by atoms with Crippen molar-refractivity contribution in [2.75, 3.05) is 26.7 Å². The molecule has 5 nitrogen and oxygen atoms in total. The maximum atomic E-state index is 4.30. The smallest absolute Gasteiger partial charge is 0.191 e. The van der Waals surface area contributed by atoms with E-state index in [-0.39, 0.29) is 24.0 Å². The summed E-state index contributed by atoms with van der Waals surface area (Å²) in [6, 6.07) is 0.769. The molecule has 0 bridgehead atoms. The standard InChI is InChI=1S/C16H29N5S.HI/c1-4-14-7-5-6-9-21(14)10-8-18-16(17-3)19-11-15-13(2)20-12-22-15;/h12,14H,4-11H2,1-3H3,(H2,17,18,19);1H. The van der Waals surface area contributed by atoms with E-state index in [0.29, 0.717) is 0 Å². The normalized spacial score (nSPS) is 19.3. The molecule has 1 aromatic rings. The number of aromatic nitrogens is 1. The first kappa shape index (κ1) is 20.6. The molecule has 1 aliphatic heterocycles. The molecule has 0 saturated carbocycles. The molecule has 7 heteroatoms. The third-order valence-electron chi connectivity index (χ3n) is 4.40. The van der Waals surface area contributed by atoms with Gasteiger partial charge in [-0.05, 0) is 32.7 Å². The van der Waals surface area contributed by atoms with E-state index in [1.165, 1.54) is 37.1 Å². The number of nitrogens with zero attached hydrogens (tertiary/aromatic N) is 3. The van der Waals surface area contributed by atoms with Crippen LogP contribution in [0.4, 0.5) is 0 Å². The van der Waals surface area contributed by atoms with Gasteiger partial charge in [0.05, 0.1) is 17.7 Å². The summed E-state index contributed by atoms with van der Waals surface area (Å²) in [5.74, 6) is 0.873. The third kappa shape index (κ3) is 6.54. The summed E-state index contributed by atoms with van der Waals surface area (Å²) in [5.41, 5.74) is 3.00. The molecule has 1 aliphatic rings. The van der Waals surface area contributed by atoms with E-state index in [2.05, 4.69) is 32.4 Å². The lowest BCUT2D eigenvalue weighted by Crippen LogP contribution is -2.45. The summed E-state index contributed by atoms with van der Waals surface area (Å²) < 4.78 is 0. The van der Waals surface area contributed by atoms with Crippen LogP contribution >= 0.6 is 35.3 Å². The van der Waals surface area contributed by atoms with E-state index in [1.54, 1.807) is 11.3 Å². The highest BCUT2D eigenvalue weighted by molar-refractivity contribution is 14.0. The van der Waals surface area contributed by atoms with Gasteiger partial charge >= 0.3 is 0 Å². The monoisotopic (exact) mass is 451 g/mol. The van der Waals surface area contributed by atoms with Crippen LogP contribution in [0.1, 0.15) is 43.2 Å². The first-order valence-electron chi connectivity index (χ1n) is 8.32. The van der Waals surface area contributed by atoms with E-state index >= 15 is 0 Å². The Morgan fingerprint density at radius 2 is 2.26 bits per heavy atom. The van der Waals surface area contributed by atoms with E-state index in [1.807, 2.05) is 19.5 Å². The Hall–Kier alpha value is -0.410. The van der Waals surface area contributed by atoms with E-state index in [0.717, 1.165) is 37.3 Å². The lowest BCUT2D eigenvalue weighted by molar-refractivity contribution is 0.147. The Morgan fingerprint density at radius 1 is 1.43 bits per heavy atom. The van der Waals surface area contributed by atoms with Crippen molar-refractivity contribution in [3.63, 3.8) is 0 Å². The molecule has 2 heterocycles. The van der Waals surface area contributed by atoms with Crippen LogP contribution in [-0.4, -0.2) is 48.6 Å². The molecule has 1 aromatic heterocycles. The van der Waals surface area contributed by atoms with Gasteiger partial charge in [-0.3, -0.25) is 9.89 Å². The van der Waals surface area contributed by atoms with Crippen LogP contribution in [-0.2, 0) is 6.54 Å². The second kappa shape index (κ2) is 11.2. The number of hydrogen-bond donors (Lipinski definition) is 2. The predicted molar refractivity (Wildman–Crippen MR) is 110 cm³/mol. The molecule has 1 unspecified atom stereocenters. The highest BCUT2D eigenvalue weighted by Crippen LogP contribution is 2.18. The van der Waals surface area contributed by atoms with E-state index in [9.17, 15) is 0 Å². The van der Waals surface area contributed by atoms with Crippen molar-refractivity contribution in [1.82, 2.24) is 20.5 Å². The minimum Gasteiger partial charge on any atom is -0.355 e. The first-order valence-corrected chi connectivity index (χ1v) is 9.20. The molecule has 0 aromatic carbocycles. The average Bonchev–Trinajstić information content (AvgIpc) is 2.96. The van der Waals surface area contributed by atoms with Crippen LogP contribution < -0.4 is 10.6 Å². The lowest BCUT2D eigenvalue weighted by atomic mass is 10.0. The van der Waals surface area contributed by atoms with Gasteiger partial charge in [-0.2, -0.15) is 0 Å². The van der Waals surface area contributed by atoms with Crippen LogP contribution in [0.2, 0.25) is 0 Å². The van der Waals surface area contributed by atoms with Crippen molar-refractivity contribution >= 4 is 41.3 Å². The molecule has 0 radical (unpaired) electrons. The van der Waals surface area contributed by atoms with Crippen molar-refractivity contribution in [1.29, 1.82) is 0 Å². The van der Waals surface area contributed by atoms with Crippen molar-refractivity contribution < 1.29 is 0 Å². The molecule has 0 aliphatic carbocycles. The molecule has 2 rings (SSSR count). The first-order chi connectivity index (χ1) is 10.7. The lowest BCUT2D eigenvalue weighted by Gasteiger charge is -2.35. The number of piperidine rings is 1. The van der Waals surface area contributed by atoms with Crippen LogP contribution in [0.3, 0.4) is 0 Å². The van der Waals surface area contributed by atoms with Gasteiger partial charge in [0.2, 0.25) is 0 Å². The quantitative estimate of drug-likeness (QED) is 0.397. The fraction of sp³-hybridized carbons (Fsp3) is 0.750. The second-order valence-electron chi connectivity index (χ2n) is 5.81. The number of rotatable bonds is 6. The summed E-state index contributed by atoms with van der Waals surface area (Å²) in [7, 11) is 1.82. The van der Waals surface area contributed by atoms with Gasteiger partial charge in [0.25, 0.3) is 0 Å². The van der Waals surface area contributed by atoms with Crippen molar-refractivity contribution in [2.45, 2.75) is 52.1 Å². The van der Waals surface area contributed by atoms with Crippen LogP contribution in [0, 0.1) is 6.92 Å². The number of thiazole rings is 1. The third-order valence-corrected chi connectivity index (χ3v) is 5.33. The summed E-state index contributed by atoms with van der Waals surface area (Å²) >= 11 is 1.69. The Labute approximate surface area is 161 Å². The minimum absolute atomic E-state index is 0. The summed E-state index contributed by atoms with van der Waals surface area (Å²) in [4.78, 5) is 12.5. The van der Waals surface area contributed by atoms with Gasteiger partial charge in [0.15, 0.2) is 5.96 Å². The van der Waals surface area contributed by atoms with E-state index in [4.69, 9.17) is 0 Å². The van der Waals surface area contributed by atoms with Crippen LogP contribution in [0.15, 0.2) is 10.5 Å². The fourth-order valence-corrected chi connectivity index (χ4v) is 3.73. The number of aryl methyl sites for hydroxylation is 1. The van der Waals surface area contributed by atoms with Gasteiger partial charge in [-0.1, -0.05) is 13.3 Å². The van der Waals surface area contributed by atoms with Gasteiger partial charge in [0, 0.05) is 31.1 Å². The predicted octanol–water partition coefficient (Wildman–Crippen LogP) is 3.00. The summed E-state index contributed by atoms with van der Waals surface area (Å²) in [5, 5.41) is 6.79. The van der Waals surface area contributed by atoms with Gasteiger partial charge in [-0.15, -0.1) is 35.3 Å². The van der Waals surface area contributed by atoms with Gasteiger partial charge in [0.1, 0.15) is 0 Å². The molecule has 23 heavy (non-hydrogen) atoms. The molecule has 1 atom stereocenters. The van der Waals surface area contributed by atoms with Gasteiger partial charge in [-0.25, -0.2) is 4.98 Å². The SMILES string of the molecule is CCC1CCCCN1CCNC(=NC)NCc1scnc1C.I. The zero-order valence-electron chi connectivity index (χ0n) is 14.5. The highest BCUT2D eigenvalue weighted by Gasteiger charge is 2.19. The number of hydrogen-bond acceptors (Lipinski definition) is 4. The molecule has 1 saturated heterocycles. The molecular weight excluding hydrogens is 421 g/mol. The molecule has 132 valence electrons. The molecular formula is C16H30IN5S. The van der Waals surface area contributed by atoms with Crippen molar-refractivity contribution in [2.24, 2.45) is 4.99 Å². The van der Waals surface area contributed by atoms with E-state index < -0.39 is 0 Å². The Kier molecular flexibility index (Phi) is 10.0. The summed E-state index contributed by atoms with van der Waals surface area (Å²) in [6.45, 7) is 8.42. The van der Waals surface area contributed by atoms with Crippen LogP contribution in [0.5, 0.6) is 0 Å². The fourth-order valence-electron chi connectivity index (χ4n) is 3.02. The number of aliphatic imine (C=N–C) groups is 1. The second-order valence-corrected chi connectivity index (χ2v) is 6.75. The maximum Gasteiger partial charge on any atom is 0.191 e. The molecule has 0 amide bonds. The van der Waals surface area contributed by atoms with Crippen molar-refractivity contribution in [3.8, 4) is 0 Å². The topological polar surface area (TPSA) is 52.5 Å². The zero-order chi connectivity index (χ0) is 15.8. The Morgan fingerprint density at radius 3 is 2.91 bits per heavy atom. The highest BCUT2D eigenvalue weighted by atomic mass is 127. The number of halogens is 1. The molecule has 2 N–H and O–H groups in total. The number of likely N-dealkylation sites (tertiary alicyclic amines) is 1. The number of nitrogens with one attached hydrogen (secondary N) is 2. The summed E-state index contributed by atoms with van der Waals surface area (Å²) in [6.07, 6.45) is 5.35.